The molecule has 0 aliphatic heterocycles. The number of rotatable bonds is 3. The first-order valence-electron chi connectivity index (χ1n) is 5.33. The second-order valence-electron chi connectivity index (χ2n) is 4.10. The van der Waals surface area contributed by atoms with Crippen molar-refractivity contribution in [1.82, 2.24) is 20.1 Å². The fourth-order valence-corrected chi connectivity index (χ4v) is 2.36. The summed E-state index contributed by atoms with van der Waals surface area (Å²) in [6.07, 6.45) is 5.56. The Morgan fingerprint density at radius 3 is 3.06 bits per heavy atom. The number of hydrogen-bond donors (Lipinski definition) is 1. The van der Waals surface area contributed by atoms with Crippen LogP contribution in [0.5, 0.6) is 0 Å². The Balaban J connectivity index is 2.14. The van der Waals surface area contributed by atoms with Crippen LogP contribution in [0.4, 0.5) is 0 Å². The van der Waals surface area contributed by atoms with Crippen molar-refractivity contribution in [2.45, 2.75) is 30.8 Å². The molecule has 2 rings (SSSR count). The largest absolute Gasteiger partial charge is 0.468 e. The summed E-state index contributed by atoms with van der Waals surface area (Å²) in [5.74, 6) is -0.197. The van der Waals surface area contributed by atoms with Crippen molar-refractivity contribution in [2.24, 2.45) is 0 Å². The van der Waals surface area contributed by atoms with Crippen LogP contribution < -0.4 is 5.32 Å². The molecule has 1 aliphatic carbocycles. The highest BCUT2D eigenvalue weighted by atomic mass is 16.5. The smallest absolute Gasteiger partial charge is 0.326 e. The van der Waals surface area contributed by atoms with Crippen LogP contribution in [0.3, 0.4) is 0 Å². The number of ether oxygens (including phenoxy) is 1. The summed E-state index contributed by atoms with van der Waals surface area (Å²) in [6, 6.07) is 0.217. The first-order chi connectivity index (χ1) is 7.72. The lowest BCUT2D eigenvalue weighted by atomic mass is 9.98. The molecule has 2 unspecified atom stereocenters. The predicted octanol–water partition coefficient (Wildman–Crippen LogP) is 0.134. The zero-order valence-electron chi connectivity index (χ0n) is 9.51. The van der Waals surface area contributed by atoms with Crippen LogP contribution in [0.2, 0.25) is 0 Å². The molecule has 0 amide bonds. The zero-order valence-corrected chi connectivity index (χ0v) is 9.51. The Morgan fingerprint density at radius 2 is 2.50 bits per heavy atom. The van der Waals surface area contributed by atoms with Crippen LogP contribution in [-0.4, -0.2) is 40.4 Å². The minimum atomic E-state index is -0.564. The van der Waals surface area contributed by atoms with Gasteiger partial charge in [-0.2, -0.15) is 5.10 Å². The molecular formula is C10H16N4O2. The maximum atomic E-state index is 11.8. The van der Waals surface area contributed by atoms with Gasteiger partial charge in [0.25, 0.3) is 0 Å². The van der Waals surface area contributed by atoms with Crippen LogP contribution in [-0.2, 0) is 9.53 Å². The summed E-state index contributed by atoms with van der Waals surface area (Å²) < 4.78 is 6.65. The highest BCUT2D eigenvalue weighted by Gasteiger charge is 2.45. The number of likely N-dealkylation sites (N-methyl/N-ethyl adjacent to an activating group) is 1. The Bertz CT molecular complexity index is 365. The predicted molar refractivity (Wildman–Crippen MR) is 56.7 cm³/mol. The van der Waals surface area contributed by atoms with Crippen molar-refractivity contribution in [1.29, 1.82) is 0 Å². The summed E-state index contributed by atoms with van der Waals surface area (Å²) in [4.78, 5) is 15.7. The molecule has 0 saturated heterocycles. The molecule has 0 bridgehead atoms. The van der Waals surface area contributed by atoms with Gasteiger partial charge in [-0.05, 0) is 26.3 Å². The maximum absolute atomic E-state index is 11.8. The van der Waals surface area contributed by atoms with Crippen LogP contribution in [0.1, 0.15) is 25.3 Å². The second kappa shape index (κ2) is 4.21. The van der Waals surface area contributed by atoms with Crippen LogP contribution in [0.15, 0.2) is 12.7 Å². The molecule has 1 N–H and O–H groups in total. The van der Waals surface area contributed by atoms with Crippen LogP contribution >= 0.6 is 0 Å². The first-order valence-corrected chi connectivity index (χ1v) is 5.33. The van der Waals surface area contributed by atoms with E-state index >= 15 is 0 Å². The first kappa shape index (κ1) is 11.1. The van der Waals surface area contributed by atoms with Crippen LogP contribution in [0, 0.1) is 0 Å². The van der Waals surface area contributed by atoms with Gasteiger partial charge in [0.2, 0.25) is 0 Å². The van der Waals surface area contributed by atoms with Crippen molar-refractivity contribution in [3.8, 4) is 0 Å². The van der Waals surface area contributed by atoms with Gasteiger partial charge in [0, 0.05) is 0 Å². The third-order valence-electron chi connectivity index (χ3n) is 3.35. The molecule has 0 radical (unpaired) electrons. The number of hydrogen-bond acceptors (Lipinski definition) is 5. The lowest BCUT2D eigenvalue weighted by Crippen LogP contribution is -2.49. The van der Waals surface area contributed by atoms with Crippen molar-refractivity contribution in [2.75, 3.05) is 14.2 Å². The topological polar surface area (TPSA) is 69.0 Å². The minimum absolute atomic E-state index is 0.197. The van der Waals surface area contributed by atoms with E-state index in [0.717, 1.165) is 12.8 Å². The van der Waals surface area contributed by atoms with E-state index in [1.54, 1.807) is 13.4 Å². The Kier molecular flexibility index (Phi) is 2.91. The van der Waals surface area contributed by atoms with E-state index in [2.05, 4.69) is 15.4 Å². The Morgan fingerprint density at radius 1 is 1.69 bits per heavy atom. The van der Waals surface area contributed by atoms with Gasteiger partial charge in [-0.15, -0.1) is 0 Å². The van der Waals surface area contributed by atoms with Crippen molar-refractivity contribution in [3.63, 3.8) is 0 Å². The number of methoxy groups -OCH3 is 1. The summed E-state index contributed by atoms with van der Waals surface area (Å²) in [5, 5.41) is 7.19. The number of esters is 1. The van der Waals surface area contributed by atoms with Gasteiger partial charge in [0.1, 0.15) is 18.2 Å². The van der Waals surface area contributed by atoms with E-state index in [0.29, 0.717) is 6.42 Å². The van der Waals surface area contributed by atoms with E-state index < -0.39 is 5.54 Å². The molecule has 1 heterocycles. The average molecular weight is 224 g/mol. The number of aromatic nitrogens is 3. The summed E-state index contributed by atoms with van der Waals surface area (Å²) >= 11 is 0. The molecule has 1 fully saturated rings. The van der Waals surface area contributed by atoms with E-state index in [1.807, 2.05) is 4.68 Å². The quantitative estimate of drug-likeness (QED) is 0.739. The van der Waals surface area contributed by atoms with Gasteiger partial charge < -0.3 is 10.1 Å². The van der Waals surface area contributed by atoms with Crippen molar-refractivity contribution >= 4 is 5.97 Å². The van der Waals surface area contributed by atoms with E-state index in [-0.39, 0.29) is 12.0 Å². The third-order valence-corrected chi connectivity index (χ3v) is 3.35. The lowest BCUT2D eigenvalue weighted by molar-refractivity contribution is -0.148. The zero-order chi connectivity index (χ0) is 11.6. The normalized spacial score (nSPS) is 29.2. The molecule has 1 aromatic heterocycles. The molecule has 6 nitrogen and oxygen atoms in total. The summed E-state index contributed by atoms with van der Waals surface area (Å²) in [5.41, 5.74) is -0.564. The average Bonchev–Trinajstić information content (AvgIpc) is 2.96. The maximum Gasteiger partial charge on any atom is 0.326 e. The summed E-state index contributed by atoms with van der Waals surface area (Å²) in [6.45, 7) is 0. The fourth-order valence-electron chi connectivity index (χ4n) is 2.36. The third kappa shape index (κ3) is 1.69. The van der Waals surface area contributed by atoms with Crippen molar-refractivity contribution < 1.29 is 9.53 Å². The summed E-state index contributed by atoms with van der Waals surface area (Å²) in [7, 11) is 3.21. The highest BCUT2D eigenvalue weighted by molar-refractivity contribution is 5.81. The van der Waals surface area contributed by atoms with Gasteiger partial charge >= 0.3 is 5.97 Å². The molecule has 88 valence electrons. The van der Waals surface area contributed by atoms with Crippen molar-refractivity contribution in [3.05, 3.63) is 12.7 Å². The molecule has 0 spiro atoms. The number of carbonyl (C=O) groups is 1. The standard InChI is InChI=1S/C10H16N4O2/c1-11-10(9(15)16-2)4-3-8(5-10)14-7-12-6-13-14/h6-8,11H,3-5H2,1-2H3. The van der Waals surface area contributed by atoms with Gasteiger partial charge in [0.15, 0.2) is 0 Å². The molecule has 1 aromatic rings. The van der Waals surface area contributed by atoms with Gasteiger partial charge in [-0.3, -0.25) is 4.79 Å². The molecular weight excluding hydrogens is 208 g/mol. The molecule has 1 saturated carbocycles. The molecule has 1 aliphatic rings. The number of nitrogens with one attached hydrogen (secondary N) is 1. The van der Waals surface area contributed by atoms with Gasteiger partial charge in [-0.1, -0.05) is 0 Å². The lowest BCUT2D eigenvalue weighted by Gasteiger charge is -2.25. The van der Waals surface area contributed by atoms with E-state index in [9.17, 15) is 4.79 Å². The minimum Gasteiger partial charge on any atom is -0.468 e. The molecule has 0 aromatic carbocycles. The van der Waals surface area contributed by atoms with Gasteiger partial charge in [-0.25, -0.2) is 9.67 Å². The van der Waals surface area contributed by atoms with E-state index in [1.165, 1.54) is 13.4 Å². The monoisotopic (exact) mass is 224 g/mol. The van der Waals surface area contributed by atoms with Gasteiger partial charge in [0.05, 0.1) is 13.2 Å². The Hall–Kier alpha value is -1.43. The molecule has 16 heavy (non-hydrogen) atoms. The highest BCUT2D eigenvalue weighted by Crippen LogP contribution is 2.37. The number of carbonyl (C=O) groups excluding carboxylic acids is 1. The fraction of sp³-hybridized carbons (Fsp3) is 0.700. The second-order valence-corrected chi connectivity index (χ2v) is 4.10. The molecule has 2 atom stereocenters. The van der Waals surface area contributed by atoms with E-state index in [4.69, 9.17) is 4.74 Å². The van der Waals surface area contributed by atoms with Crippen LogP contribution in [0.25, 0.3) is 0 Å². The SMILES string of the molecule is CNC1(C(=O)OC)CCC(n2cncn2)C1. The Labute approximate surface area is 94.0 Å². The molecule has 6 heteroatoms. The number of nitrogens with zero attached hydrogens (tertiary/aromatic N) is 3.